The normalized spacial score (nSPS) is 23.3. The number of amides is 1. The highest BCUT2D eigenvalue weighted by atomic mass is 16.2. The summed E-state index contributed by atoms with van der Waals surface area (Å²) in [5.41, 5.74) is 2.10. The van der Waals surface area contributed by atoms with Crippen molar-refractivity contribution in [2.75, 3.05) is 13.1 Å². The molecule has 2 fully saturated rings. The third-order valence-electron chi connectivity index (χ3n) is 5.31. The molecule has 0 bridgehead atoms. The summed E-state index contributed by atoms with van der Waals surface area (Å²) in [4.78, 5) is 23.5. The van der Waals surface area contributed by atoms with Crippen molar-refractivity contribution in [1.82, 2.24) is 20.2 Å². The smallest absolute Gasteiger partial charge is 0.228 e. The zero-order valence-electron chi connectivity index (χ0n) is 13.7. The van der Waals surface area contributed by atoms with Crippen molar-refractivity contribution in [1.29, 1.82) is 0 Å². The van der Waals surface area contributed by atoms with Crippen LogP contribution < -0.4 is 5.32 Å². The summed E-state index contributed by atoms with van der Waals surface area (Å²) in [5, 5.41) is 3.29. The maximum Gasteiger partial charge on any atom is 0.228 e. The summed E-state index contributed by atoms with van der Waals surface area (Å²) in [6.45, 7) is 2.88. The van der Waals surface area contributed by atoms with Crippen LogP contribution in [0.4, 0.5) is 0 Å². The number of likely N-dealkylation sites (tertiary alicyclic amines) is 1. The lowest BCUT2D eigenvalue weighted by Gasteiger charge is -2.39. The standard InChI is InChI=1S/C19H22N4O/c24-18-17(15-4-3-8-20-13-15)12-19(22-18)6-10-23(11-7-19)14-16-5-1-2-9-21-16/h1-5,8-9,13,17H,6-7,10-12,14H2,(H,22,24). The van der Waals surface area contributed by atoms with E-state index in [2.05, 4.69) is 26.3 Å². The Kier molecular flexibility index (Phi) is 4.02. The molecule has 0 aromatic carbocycles. The first-order chi connectivity index (χ1) is 11.7. The Morgan fingerprint density at radius 3 is 2.75 bits per heavy atom. The Morgan fingerprint density at radius 1 is 1.17 bits per heavy atom. The van der Waals surface area contributed by atoms with Crippen LogP contribution in [0.1, 0.15) is 36.4 Å². The molecule has 2 saturated heterocycles. The van der Waals surface area contributed by atoms with E-state index in [1.165, 1.54) is 0 Å². The Balaban J connectivity index is 1.39. The average Bonchev–Trinajstić information content (AvgIpc) is 2.95. The minimum Gasteiger partial charge on any atom is -0.350 e. The van der Waals surface area contributed by atoms with Gasteiger partial charge in [0.25, 0.3) is 0 Å². The average molecular weight is 322 g/mol. The van der Waals surface area contributed by atoms with Gasteiger partial charge in [0.2, 0.25) is 5.91 Å². The first-order valence-electron chi connectivity index (χ1n) is 8.58. The van der Waals surface area contributed by atoms with Crippen molar-refractivity contribution >= 4 is 5.91 Å². The van der Waals surface area contributed by atoms with Crippen LogP contribution in [-0.4, -0.2) is 39.4 Å². The van der Waals surface area contributed by atoms with E-state index in [1.807, 2.05) is 36.7 Å². The van der Waals surface area contributed by atoms with Gasteiger partial charge in [-0.3, -0.25) is 19.7 Å². The van der Waals surface area contributed by atoms with Crippen LogP contribution in [-0.2, 0) is 11.3 Å². The van der Waals surface area contributed by atoms with Crippen LogP contribution in [0.25, 0.3) is 0 Å². The number of nitrogens with one attached hydrogen (secondary N) is 1. The molecule has 4 rings (SSSR count). The minimum absolute atomic E-state index is 0.0434. The van der Waals surface area contributed by atoms with Crippen LogP contribution in [0.3, 0.4) is 0 Å². The fourth-order valence-electron chi connectivity index (χ4n) is 3.92. The number of nitrogens with zero attached hydrogens (tertiary/aromatic N) is 3. The summed E-state index contributed by atoms with van der Waals surface area (Å²) in [6, 6.07) is 9.96. The second-order valence-corrected chi connectivity index (χ2v) is 6.91. The van der Waals surface area contributed by atoms with Gasteiger partial charge in [0, 0.05) is 43.8 Å². The number of carbonyl (C=O) groups excluding carboxylic acids is 1. The molecule has 1 spiro atoms. The molecule has 5 heteroatoms. The summed E-state index contributed by atoms with van der Waals surface area (Å²) in [6.07, 6.45) is 8.30. The zero-order valence-corrected chi connectivity index (χ0v) is 13.7. The van der Waals surface area contributed by atoms with Crippen molar-refractivity contribution in [3.05, 3.63) is 60.2 Å². The first kappa shape index (κ1) is 15.3. The Bertz CT molecular complexity index is 696. The van der Waals surface area contributed by atoms with Gasteiger partial charge >= 0.3 is 0 Å². The molecule has 0 radical (unpaired) electrons. The molecule has 2 aromatic rings. The highest BCUT2D eigenvalue weighted by Gasteiger charge is 2.46. The topological polar surface area (TPSA) is 58.1 Å². The Morgan fingerprint density at radius 2 is 2.04 bits per heavy atom. The van der Waals surface area contributed by atoms with Crippen LogP contribution in [0.5, 0.6) is 0 Å². The molecule has 1 amide bonds. The summed E-state index contributed by atoms with van der Waals surface area (Å²) in [5.74, 6) is 0.0993. The lowest BCUT2D eigenvalue weighted by molar-refractivity contribution is -0.121. The van der Waals surface area contributed by atoms with Gasteiger partial charge in [-0.25, -0.2) is 0 Å². The maximum atomic E-state index is 12.5. The molecule has 2 aliphatic rings. The van der Waals surface area contributed by atoms with E-state index in [4.69, 9.17) is 0 Å². The van der Waals surface area contributed by atoms with E-state index in [1.54, 1.807) is 6.20 Å². The molecule has 2 aliphatic heterocycles. The van der Waals surface area contributed by atoms with Gasteiger partial charge in [-0.2, -0.15) is 0 Å². The lowest BCUT2D eigenvalue weighted by atomic mass is 9.82. The fraction of sp³-hybridized carbons (Fsp3) is 0.421. The molecule has 4 heterocycles. The SMILES string of the molecule is O=C1NC2(CCN(Cc3ccccn3)CC2)CC1c1cccnc1. The number of aromatic nitrogens is 2. The second kappa shape index (κ2) is 6.32. The van der Waals surface area contributed by atoms with Gasteiger partial charge < -0.3 is 5.32 Å². The highest BCUT2D eigenvalue weighted by Crippen LogP contribution is 2.39. The largest absolute Gasteiger partial charge is 0.350 e. The van der Waals surface area contributed by atoms with Gasteiger partial charge in [0.05, 0.1) is 11.6 Å². The third kappa shape index (κ3) is 3.04. The molecule has 24 heavy (non-hydrogen) atoms. The molecule has 124 valence electrons. The first-order valence-corrected chi connectivity index (χ1v) is 8.58. The van der Waals surface area contributed by atoms with E-state index in [0.29, 0.717) is 0 Å². The van der Waals surface area contributed by atoms with Crippen molar-refractivity contribution in [3.8, 4) is 0 Å². The van der Waals surface area contributed by atoms with Gasteiger partial charge in [-0.15, -0.1) is 0 Å². The number of hydrogen-bond donors (Lipinski definition) is 1. The number of piperidine rings is 1. The van der Waals surface area contributed by atoms with Crippen molar-refractivity contribution < 1.29 is 4.79 Å². The van der Waals surface area contributed by atoms with Gasteiger partial charge in [0.1, 0.15) is 0 Å². The highest BCUT2D eigenvalue weighted by molar-refractivity contribution is 5.87. The van der Waals surface area contributed by atoms with Crippen molar-refractivity contribution in [3.63, 3.8) is 0 Å². The monoisotopic (exact) mass is 322 g/mol. The summed E-state index contributed by atoms with van der Waals surface area (Å²) < 4.78 is 0. The predicted molar refractivity (Wildman–Crippen MR) is 91.2 cm³/mol. The van der Waals surface area contributed by atoms with Crippen LogP contribution >= 0.6 is 0 Å². The number of hydrogen-bond acceptors (Lipinski definition) is 4. The molecule has 1 atom stereocenters. The van der Waals surface area contributed by atoms with Crippen molar-refractivity contribution in [2.45, 2.75) is 37.3 Å². The number of pyridine rings is 2. The summed E-state index contributed by atoms with van der Waals surface area (Å²) >= 11 is 0. The zero-order chi connectivity index (χ0) is 16.4. The lowest BCUT2D eigenvalue weighted by Crippen LogP contribution is -2.50. The molecule has 1 N–H and O–H groups in total. The van der Waals surface area contributed by atoms with Gasteiger partial charge in [-0.05, 0) is 43.0 Å². The molecule has 1 unspecified atom stereocenters. The fourth-order valence-corrected chi connectivity index (χ4v) is 3.92. The second-order valence-electron chi connectivity index (χ2n) is 6.91. The van der Waals surface area contributed by atoms with E-state index in [9.17, 15) is 4.79 Å². The quantitative estimate of drug-likeness (QED) is 0.940. The van der Waals surface area contributed by atoms with E-state index >= 15 is 0 Å². The molecular weight excluding hydrogens is 300 g/mol. The van der Waals surface area contributed by atoms with E-state index in [0.717, 1.165) is 50.2 Å². The van der Waals surface area contributed by atoms with Gasteiger partial charge in [-0.1, -0.05) is 12.1 Å². The maximum absolute atomic E-state index is 12.5. The molecule has 0 aliphatic carbocycles. The third-order valence-corrected chi connectivity index (χ3v) is 5.31. The van der Waals surface area contributed by atoms with E-state index in [-0.39, 0.29) is 17.4 Å². The van der Waals surface area contributed by atoms with E-state index < -0.39 is 0 Å². The van der Waals surface area contributed by atoms with Gasteiger partial charge in [0.15, 0.2) is 0 Å². The molecule has 5 nitrogen and oxygen atoms in total. The number of rotatable bonds is 3. The number of carbonyl (C=O) groups is 1. The predicted octanol–water partition coefficient (Wildman–Crippen LogP) is 2.11. The van der Waals surface area contributed by atoms with Crippen molar-refractivity contribution in [2.24, 2.45) is 0 Å². The Labute approximate surface area is 142 Å². The molecule has 2 aromatic heterocycles. The van der Waals surface area contributed by atoms with Crippen LogP contribution in [0.15, 0.2) is 48.9 Å². The minimum atomic E-state index is -0.0546. The summed E-state index contributed by atoms with van der Waals surface area (Å²) in [7, 11) is 0. The molecule has 0 saturated carbocycles. The Hall–Kier alpha value is -2.27. The van der Waals surface area contributed by atoms with Crippen LogP contribution in [0, 0.1) is 0 Å². The molecular formula is C19H22N4O. The van der Waals surface area contributed by atoms with Crippen LogP contribution in [0.2, 0.25) is 0 Å².